The number of halogens is 1. The molecule has 1 aliphatic heterocycles. The van der Waals surface area contributed by atoms with Gasteiger partial charge in [0.1, 0.15) is 5.02 Å². The van der Waals surface area contributed by atoms with Gasteiger partial charge in [0.25, 0.3) is 5.56 Å². The fourth-order valence-electron chi connectivity index (χ4n) is 2.07. The van der Waals surface area contributed by atoms with Gasteiger partial charge in [0.15, 0.2) is 0 Å². The van der Waals surface area contributed by atoms with Gasteiger partial charge >= 0.3 is 0 Å². The first kappa shape index (κ1) is 13.1. The number of pyridine rings is 1. The minimum atomic E-state index is -0.267. The summed E-state index contributed by atoms with van der Waals surface area (Å²) < 4.78 is 1.36. The Balaban J connectivity index is 2.09. The molecule has 1 saturated heterocycles. The molecule has 0 atom stereocenters. The number of hydrogen-bond acceptors (Lipinski definition) is 3. The average molecular weight is 270 g/mol. The van der Waals surface area contributed by atoms with Crippen LogP contribution in [0.25, 0.3) is 0 Å². The SMILES string of the molecule is Cn1cc(NC(=O)C2CCNCC2)cc(Cl)c1=O. The Morgan fingerprint density at radius 1 is 1.50 bits per heavy atom. The number of aryl methyl sites for hydroxylation is 1. The van der Waals surface area contributed by atoms with Crippen molar-refractivity contribution in [3.63, 3.8) is 0 Å². The normalized spacial score (nSPS) is 16.6. The summed E-state index contributed by atoms with van der Waals surface area (Å²) in [4.78, 5) is 23.4. The zero-order valence-electron chi connectivity index (χ0n) is 10.2. The van der Waals surface area contributed by atoms with Crippen LogP contribution < -0.4 is 16.2 Å². The Bertz CT molecular complexity index is 480. The van der Waals surface area contributed by atoms with E-state index in [-0.39, 0.29) is 22.4 Å². The molecule has 0 radical (unpaired) electrons. The molecule has 0 bridgehead atoms. The van der Waals surface area contributed by atoms with Crippen molar-refractivity contribution in [3.05, 3.63) is 27.6 Å². The highest BCUT2D eigenvalue weighted by Crippen LogP contribution is 2.16. The van der Waals surface area contributed by atoms with E-state index >= 15 is 0 Å². The summed E-state index contributed by atoms with van der Waals surface area (Å²) in [6.07, 6.45) is 3.25. The molecule has 1 fully saturated rings. The van der Waals surface area contributed by atoms with E-state index in [1.165, 1.54) is 10.6 Å². The Hall–Kier alpha value is -1.33. The minimum Gasteiger partial charge on any atom is -0.324 e. The standard InChI is InChI=1S/C12H16ClN3O2/c1-16-7-9(6-10(13)12(16)18)15-11(17)8-2-4-14-5-3-8/h6-8,14H,2-5H2,1H3,(H,15,17). The first-order valence-corrected chi connectivity index (χ1v) is 6.33. The van der Waals surface area contributed by atoms with E-state index in [4.69, 9.17) is 11.6 Å². The minimum absolute atomic E-state index is 0.00813. The Labute approximate surface area is 110 Å². The fourth-order valence-corrected chi connectivity index (χ4v) is 2.32. The lowest BCUT2D eigenvalue weighted by Crippen LogP contribution is -2.34. The highest BCUT2D eigenvalue weighted by Gasteiger charge is 2.21. The van der Waals surface area contributed by atoms with Crippen molar-refractivity contribution in [3.8, 4) is 0 Å². The number of amides is 1. The zero-order valence-corrected chi connectivity index (χ0v) is 11.0. The van der Waals surface area contributed by atoms with E-state index in [2.05, 4.69) is 10.6 Å². The monoisotopic (exact) mass is 269 g/mol. The highest BCUT2D eigenvalue weighted by atomic mass is 35.5. The van der Waals surface area contributed by atoms with Gasteiger partial charge in [0.05, 0.1) is 5.69 Å². The van der Waals surface area contributed by atoms with Gasteiger partial charge in [-0.05, 0) is 32.0 Å². The van der Waals surface area contributed by atoms with E-state index in [0.717, 1.165) is 25.9 Å². The maximum absolute atomic E-state index is 12.0. The molecule has 0 unspecified atom stereocenters. The number of anilines is 1. The average Bonchev–Trinajstić information content (AvgIpc) is 2.37. The summed E-state index contributed by atoms with van der Waals surface area (Å²) in [5.74, 6) is 0.0217. The Morgan fingerprint density at radius 3 is 2.78 bits per heavy atom. The number of carbonyl (C=O) groups excluding carboxylic acids is 1. The van der Waals surface area contributed by atoms with Crippen molar-refractivity contribution in [2.75, 3.05) is 18.4 Å². The van der Waals surface area contributed by atoms with Crippen molar-refractivity contribution in [2.45, 2.75) is 12.8 Å². The number of nitrogens with one attached hydrogen (secondary N) is 2. The van der Waals surface area contributed by atoms with E-state index in [0.29, 0.717) is 5.69 Å². The number of carbonyl (C=O) groups is 1. The second-order valence-corrected chi connectivity index (χ2v) is 4.91. The quantitative estimate of drug-likeness (QED) is 0.841. The molecule has 2 N–H and O–H groups in total. The largest absolute Gasteiger partial charge is 0.324 e. The third kappa shape index (κ3) is 2.91. The summed E-state index contributed by atoms with van der Waals surface area (Å²) in [7, 11) is 1.61. The Morgan fingerprint density at radius 2 is 2.17 bits per heavy atom. The third-order valence-corrected chi connectivity index (χ3v) is 3.39. The second-order valence-electron chi connectivity index (χ2n) is 4.51. The van der Waals surface area contributed by atoms with Crippen LogP contribution in [0.2, 0.25) is 5.02 Å². The summed E-state index contributed by atoms with van der Waals surface area (Å²) in [5, 5.41) is 6.13. The molecular weight excluding hydrogens is 254 g/mol. The van der Waals surface area contributed by atoms with Gasteiger partial charge in [-0.15, -0.1) is 0 Å². The summed E-state index contributed by atoms with van der Waals surface area (Å²) in [5.41, 5.74) is 0.294. The lowest BCUT2D eigenvalue weighted by Gasteiger charge is -2.21. The van der Waals surface area contributed by atoms with Crippen LogP contribution in [0.5, 0.6) is 0 Å². The number of rotatable bonds is 2. The van der Waals surface area contributed by atoms with E-state index < -0.39 is 0 Å². The van der Waals surface area contributed by atoms with Gasteiger partial charge in [0.2, 0.25) is 5.91 Å². The molecule has 1 aliphatic rings. The third-order valence-electron chi connectivity index (χ3n) is 3.12. The van der Waals surface area contributed by atoms with Crippen LogP contribution in [0.4, 0.5) is 5.69 Å². The molecule has 2 heterocycles. The Kier molecular flexibility index (Phi) is 4.04. The lowest BCUT2D eigenvalue weighted by molar-refractivity contribution is -0.120. The molecule has 0 saturated carbocycles. The van der Waals surface area contributed by atoms with Crippen LogP contribution in [0.3, 0.4) is 0 Å². The molecule has 6 heteroatoms. The van der Waals surface area contributed by atoms with Gasteiger partial charge in [-0.3, -0.25) is 9.59 Å². The zero-order chi connectivity index (χ0) is 13.1. The molecule has 1 amide bonds. The maximum atomic E-state index is 12.0. The van der Waals surface area contributed by atoms with Crippen molar-refractivity contribution in [1.29, 1.82) is 0 Å². The van der Waals surface area contributed by atoms with Crippen LogP contribution in [0, 0.1) is 5.92 Å². The molecule has 0 spiro atoms. The van der Waals surface area contributed by atoms with Gasteiger partial charge in [-0.1, -0.05) is 11.6 Å². The molecule has 1 aromatic rings. The number of hydrogen-bond donors (Lipinski definition) is 2. The topological polar surface area (TPSA) is 63.1 Å². The van der Waals surface area contributed by atoms with Gasteiger partial charge in [-0.25, -0.2) is 0 Å². The van der Waals surface area contributed by atoms with Gasteiger partial charge < -0.3 is 15.2 Å². The molecule has 0 aliphatic carbocycles. The van der Waals surface area contributed by atoms with Crippen LogP contribution in [-0.2, 0) is 11.8 Å². The second kappa shape index (κ2) is 5.54. The van der Waals surface area contributed by atoms with Gasteiger partial charge in [0, 0.05) is 19.2 Å². The van der Waals surface area contributed by atoms with Gasteiger partial charge in [-0.2, -0.15) is 0 Å². The first-order chi connectivity index (χ1) is 8.58. The number of nitrogens with zero attached hydrogens (tertiary/aromatic N) is 1. The molecule has 2 rings (SSSR count). The first-order valence-electron chi connectivity index (χ1n) is 5.95. The van der Waals surface area contributed by atoms with E-state index in [9.17, 15) is 9.59 Å². The summed E-state index contributed by atoms with van der Waals surface area (Å²) in [6, 6.07) is 1.49. The maximum Gasteiger partial charge on any atom is 0.269 e. The van der Waals surface area contributed by atoms with Crippen LogP contribution in [-0.4, -0.2) is 23.6 Å². The van der Waals surface area contributed by atoms with Crippen LogP contribution in [0.1, 0.15) is 12.8 Å². The lowest BCUT2D eigenvalue weighted by atomic mass is 9.97. The van der Waals surface area contributed by atoms with Crippen molar-refractivity contribution in [1.82, 2.24) is 9.88 Å². The van der Waals surface area contributed by atoms with E-state index in [1.807, 2.05) is 0 Å². The fraction of sp³-hybridized carbons (Fsp3) is 0.500. The highest BCUT2D eigenvalue weighted by molar-refractivity contribution is 6.30. The summed E-state index contributed by atoms with van der Waals surface area (Å²) in [6.45, 7) is 1.73. The van der Waals surface area contributed by atoms with Crippen molar-refractivity contribution >= 4 is 23.2 Å². The molecule has 0 aromatic carbocycles. The molecule has 18 heavy (non-hydrogen) atoms. The van der Waals surface area contributed by atoms with Crippen LogP contribution in [0.15, 0.2) is 17.1 Å². The van der Waals surface area contributed by atoms with Crippen LogP contribution >= 0.6 is 11.6 Å². The predicted octanol–water partition coefficient (Wildman–Crippen LogP) is 0.977. The number of aromatic nitrogens is 1. The molecular formula is C12H16ClN3O2. The molecule has 1 aromatic heterocycles. The molecule has 5 nitrogen and oxygen atoms in total. The smallest absolute Gasteiger partial charge is 0.269 e. The van der Waals surface area contributed by atoms with E-state index in [1.54, 1.807) is 13.2 Å². The van der Waals surface area contributed by atoms with Crippen molar-refractivity contribution in [2.24, 2.45) is 13.0 Å². The predicted molar refractivity (Wildman–Crippen MR) is 70.9 cm³/mol. The van der Waals surface area contributed by atoms with Crippen molar-refractivity contribution < 1.29 is 4.79 Å². The number of piperidine rings is 1. The summed E-state index contributed by atoms with van der Waals surface area (Å²) >= 11 is 5.79. The molecule has 98 valence electrons.